The molecule has 0 fully saturated rings. The normalized spacial score (nSPS) is 14.9. The first kappa shape index (κ1) is 10.9. The Morgan fingerprint density at radius 1 is 1.43 bits per heavy atom. The van der Waals surface area contributed by atoms with E-state index < -0.39 is 17.2 Å². The van der Waals surface area contributed by atoms with Gasteiger partial charge in [-0.05, 0) is 25.5 Å². The maximum absolute atomic E-state index is 13.2. The van der Waals surface area contributed by atoms with E-state index in [0.29, 0.717) is 0 Å². The SMILES string of the molecule is C=CC[C@@](C)(O)c1c(F)cccc1F. The van der Waals surface area contributed by atoms with Crippen LogP contribution in [0, 0.1) is 11.6 Å². The topological polar surface area (TPSA) is 20.2 Å². The first-order valence-electron chi connectivity index (χ1n) is 4.27. The molecule has 0 spiro atoms. The summed E-state index contributed by atoms with van der Waals surface area (Å²) in [6, 6.07) is 3.50. The van der Waals surface area contributed by atoms with Crippen molar-refractivity contribution in [1.82, 2.24) is 0 Å². The number of halogens is 2. The van der Waals surface area contributed by atoms with E-state index in [1.165, 1.54) is 19.1 Å². The van der Waals surface area contributed by atoms with Crippen LogP contribution in [0.3, 0.4) is 0 Å². The molecule has 0 aliphatic rings. The minimum absolute atomic E-state index is 0.102. The van der Waals surface area contributed by atoms with Crippen LogP contribution in [0.25, 0.3) is 0 Å². The van der Waals surface area contributed by atoms with Crippen LogP contribution in [0.1, 0.15) is 18.9 Å². The quantitative estimate of drug-likeness (QED) is 0.740. The molecule has 1 aromatic carbocycles. The molecule has 0 radical (unpaired) electrons. The summed E-state index contributed by atoms with van der Waals surface area (Å²) in [4.78, 5) is 0. The predicted molar refractivity (Wildman–Crippen MR) is 50.7 cm³/mol. The summed E-state index contributed by atoms with van der Waals surface area (Å²) in [5.41, 5.74) is -1.85. The van der Waals surface area contributed by atoms with E-state index in [1.807, 2.05) is 0 Å². The lowest BCUT2D eigenvalue weighted by Gasteiger charge is -2.23. The van der Waals surface area contributed by atoms with Crippen molar-refractivity contribution < 1.29 is 13.9 Å². The van der Waals surface area contributed by atoms with Crippen LogP contribution in [-0.4, -0.2) is 5.11 Å². The van der Waals surface area contributed by atoms with Gasteiger partial charge in [-0.3, -0.25) is 0 Å². The van der Waals surface area contributed by atoms with Crippen LogP contribution in [0.15, 0.2) is 30.9 Å². The third-order valence-corrected chi connectivity index (χ3v) is 2.04. The highest BCUT2D eigenvalue weighted by Crippen LogP contribution is 2.29. The summed E-state index contributed by atoms with van der Waals surface area (Å²) in [5, 5.41) is 9.80. The minimum atomic E-state index is -1.54. The second kappa shape index (κ2) is 3.88. The lowest BCUT2D eigenvalue weighted by atomic mass is 9.91. The fourth-order valence-corrected chi connectivity index (χ4v) is 1.40. The predicted octanol–water partition coefficient (Wildman–Crippen LogP) is 2.75. The number of benzene rings is 1. The molecule has 0 aliphatic heterocycles. The lowest BCUT2D eigenvalue weighted by molar-refractivity contribution is 0.0527. The summed E-state index contributed by atoms with van der Waals surface area (Å²) in [7, 11) is 0. The average Bonchev–Trinajstić information content (AvgIpc) is 2.02. The number of aliphatic hydroxyl groups is 1. The van der Waals surface area contributed by atoms with Gasteiger partial charge in [0, 0.05) is 0 Å². The van der Waals surface area contributed by atoms with Crippen molar-refractivity contribution in [3.63, 3.8) is 0 Å². The molecule has 1 nitrogen and oxygen atoms in total. The van der Waals surface area contributed by atoms with Gasteiger partial charge in [-0.1, -0.05) is 12.1 Å². The van der Waals surface area contributed by atoms with Gasteiger partial charge in [-0.25, -0.2) is 8.78 Å². The van der Waals surface area contributed by atoms with Crippen molar-refractivity contribution >= 4 is 0 Å². The fraction of sp³-hybridized carbons (Fsp3) is 0.273. The molecule has 0 aliphatic carbocycles. The molecule has 1 N–H and O–H groups in total. The maximum atomic E-state index is 13.2. The Bertz CT molecular complexity index is 325. The highest BCUT2D eigenvalue weighted by molar-refractivity contribution is 5.26. The van der Waals surface area contributed by atoms with Crippen LogP contribution in [-0.2, 0) is 5.60 Å². The van der Waals surface area contributed by atoms with Crippen molar-refractivity contribution in [2.24, 2.45) is 0 Å². The molecule has 0 saturated heterocycles. The Morgan fingerprint density at radius 2 is 1.93 bits per heavy atom. The van der Waals surface area contributed by atoms with E-state index in [4.69, 9.17) is 0 Å². The first-order chi connectivity index (χ1) is 6.49. The van der Waals surface area contributed by atoms with Crippen LogP contribution < -0.4 is 0 Å². The second-order valence-electron chi connectivity index (χ2n) is 3.36. The zero-order valence-corrected chi connectivity index (χ0v) is 7.93. The molecule has 0 heterocycles. The molecule has 0 amide bonds. The van der Waals surface area contributed by atoms with E-state index in [9.17, 15) is 13.9 Å². The summed E-state index contributed by atoms with van der Waals surface area (Å²) >= 11 is 0. The highest BCUT2D eigenvalue weighted by atomic mass is 19.1. The average molecular weight is 198 g/mol. The molecule has 14 heavy (non-hydrogen) atoms. The largest absolute Gasteiger partial charge is 0.385 e. The van der Waals surface area contributed by atoms with E-state index >= 15 is 0 Å². The van der Waals surface area contributed by atoms with Gasteiger partial charge in [0.25, 0.3) is 0 Å². The van der Waals surface area contributed by atoms with Gasteiger partial charge < -0.3 is 5.11 Å². The molecule has 0 saturated carbocycles. The summed E-state index contributed by atoms with van der Waals surface area (Å²) in [6.07, 6.45) is 1.52. The van der Waals surface area contributed by atoms with E-state index in [1.54, 1.807) is 0 Å². The molecular weight excluding hydrogens is 186 g/mol. The first-order valence-corrected chi connectivity index (χ1v) is 4.27. The fourth-order valence-electron chi connectivity index (χ4n) is 1.40. The van der Waals surface area contributed by atoms with Gasteiger partial charge in [-0.2, -0.15) is 0 Å². The minimum Gasteiger partial charge on any atom is -0.385 e. The van der Waals surface area contributed by atoms with Gasteiger partial charge in [0.05, 0.1) is 11.2 Å². The molecule has 0 bridgehead atoms. The Labute approximate surface area is 81.7 Å². The molecule has 1 aromatic rings. The Kier molecular flexibility index (Phi) is 3.01. The molecule has 76 valence electrons. The van der Waals surface area contributed by atoms with E-state index in [2.05, 4.69) is 6.58 Å². The second-order valence-corrected chi connectivity index (χ2v) is 3.36. The molecular formula is C11H12F2O. The van der Waals surface area contributed by atoms with Gasteiger partial charge >= 0.3 is 0 Å². The molecule has 1 rings (SSSR count). The summed E-state index contributed by atoms with van der Waals surface area (Å²) in [5.74, 6) is -1.48. The van der Waals surface area contributed by atoms with Crippen molar-refractivity contribution in [1.29, 1.82) is 0 Å². The molecule has 0 aromatic heterocycles. The van der Waals surface area contributed by atoms with E-state index in [-0.39, 0.29) is 12.0 Å². The van der Waals surface area contributed by atoms with Gasteiger partial charge in [-0.15, -0.1) is 6.58 Å². The smallest absolute Gasteiger partial charge is 0.132 e. The third kappa shape index (κ3) is 1.99. The monoisotopic (exact) mass is 198 g/mol. The summed E-state index contributed by atoms with van der Waals surface area (Å²) in [6.45, 7) is 4.78. The number of rotatable bonds is 3. The Morgan fingerprint density at radius 3 is 2.36 bits per heavy atom. The summed E-state index contributed by atoms with van der Waals surface area (Å²) < 4.78 is 26.5. The van der Waals surface area contributed by atoms with Crippen LogP contribution >= 0.6 is 0 Å². The number of hydrogen-bond donors (Lipinski definition) is 1. The maximum Gasteiger partial charge on any atom is 0.132 e. The van der Waals surface area contributed by atoms with Crippen molar-refractivity contribution in [2.75, 3.05) is 0 Å². The molecule has 0 unspecified atom stereocenters. The van der Waals surface area contributed by atoms with Crippen molar-refractivity contribution in [3.8, 4) is 0 Å². The van der Waals surface area contributed by atoms with Crippen molar-refractivity contribution in [2.45, 2.75) is 18.9 Å². The third-order valence-electron chi connectivity index (χ3n) is 2.04. The zero-order chi connectivity index (χ0) is 10.8. The van der Waals surface area contributed by atoms with Gasteiger partial charge in [0.15, 0.2) is 0 Å². The number of hydrogen-bond acceptors (Lipinski definition) is 1. The molecule has 1 atom stereocenters. The lowest BCUT2D eigenvalue weighted by Crippen LogP contribution is -2.23. The molecule has 3 heteroatoms. The van der Waals surface area contributed by atoms with Crippen LogP contribution in [0.5, 0.6) is 0 Å². The van der Waals surface area contributed by atoms with Crippen LogP contribution in [0.4, 0.5) is 8.78 Å². The van der Waals surface area contributed by atoms with E-state index in [0.717, 1.165) is 12.1 Å². The van der Waals surface area contributed by atoms with Crippen molar-refractivity contribution in [3.05, 3.63) is 48.1 Å². The van der Waals surface area contributed by atoms with Gasteiger partial charge in [0.1, 0.15) is 11.6 Å². The van der Waals surface area contributed by atoms with Gasteiger partial charge in [0.2, 0.25) is 0 Å². The Hall–Kier alpha value is -1.22. The Balaban J connectivity index is 3.23. The highest BCUT2D eigenvalue weighted by Gasteiger charge is 2.28. The van der Waals surface area contributed by atoms with Crippen LogP contribution in [0.2, 0.25) is 0 Å². The standard InChI is InChI=1S/C11H12F2O/c1-3-7-11(2,14)10-8(12)5-4-6-9(10)13/h3-6,14H,1,7H2,2H3/t11-/m1/s1. The zero-order valence-electron chi connectivity index (χ0n) is 7.93.